The van der Waals surface area contributed by atoms with Crippen LogP contribution in [0, 0.1) is 0 Å². The van der Waals surface area contributed by atoms with Gasteiger partial charge in [-0.25, -0.2) is 4.79 Å². The molecule has 102 valence electrons. The van der Waals surface area contributed by atoms with Crippen LogP contribution in [0.25, 0.3) is 0 Å². The summed E-state index contributed by atoms with van der Waals surface area (Å²) >= 11 is 0. The monoisotopic (exact) mass is 255 g/mol. The van der Waals surface area contributed by atoms with Gasteiger partial charge in [0.2, 0.25) is 0 Å². The number of hydrogen-bond acceptors (Lipinski definition) is 3. The Kier molecular flexibility index (Phi) is 4.06. The maximum absolute atomic E-state index is 12.0. The molecule has 2 amide bonds. The predicted molar refractivity (Wildman–Crippen MR) is 66.4 cm³/mol. The van der Waals surface area contributed by atoms with E-state index in [-0.39, 0.29) is 18.6 Å². The lowest BCUT2D eigenvalue weighted by atomic mass is 10.2. The van der Waals surface area contributed by atoms with Gasteiger partial charge < -0.3 is 20.2 Å². The quantitative estimate of drug-likeness (QED) is 0.743. The molecule has 2 fully saturated rings. The van der Waals surface area contributed by atoms with Gasteiger partial charge in [0.25, 0.3) is 0 Å². The molecule has 6 nitrogen and oxygen atoms in total. The van der Waals surface area contributed by atoms with Crippen LogP contribution in [-0.2, 0) is 4.79 Å². The van der Waals surface area contributed by atoms with E-state index in [1.54, 1.807) is 0 Å². The zero-order chi connectivity index (χ0) is 13.1. The summed E-state index contributed by atoms with van der Waals surface area (Å²) in [6, 6.07) is 0.280. The van der Waals surface area contributed by atoms with Crippen molar-refractivity contribution in [3.63, 3.8) is 0 Å². The van der Waals surface area contributed by atoms with Gasteiger partial charge in [-0.1, -0.05) is 0 Å². The van der Waals surface area contributed by atoms with Crippen molar-refractivity contribution in [1.29, 1.82) is 0 Å². The molecule has 0 aromatic carbocycles. The minimum atomic E-state index is -0.949. The summed E-state index contributed by atoms with van der Waals surface area (Å²) in [4.78, 5) is 26.4. The lowest BCUT2D eigenvalue weighted by molar-refractivity contribution is -0.137. The zero-order valence-corrected chi connectivity index (χ0v) is 10.8. The Morgan fingerprint density at radius 3 is 2.61 bits per heavy atom. The fourth-order valence-corrected chi connectivity index (χ4v) is 2.44. The van der Waals surface area contributed by atoms with E-state index in [1.165, 1.54) is 11.3 Å². The van der Waals surface area contributed by atoms with Gasteiger partial charge in [-0.3, -0.25) is 4.79 Å². The Morgan fingerprint density at radius 2 is 2.11 bits per heavy atom. The molecular weight excluding hydrogens is 234 g/mol. The third kappa shape index (κ3) is 3.35. The van der Waals surface area contributed by atoms with Crippen LogP contribution < -0.4 is 5.32 Å². The third-order valence-electron chi connectivity index (χ3n) is 3.71. The average Bonchev–Trinajstić information content (AvgIpc) is 3.07. The number of hydrogen-bond donors (Lipinski definition) is 2. The number of carboxylic acid groups (broad SMARTS) is 1. The molecule has 2 N–H and O–H groups in total. The molecule has 0 aromatic rings. The molecule has 1 atom stereocenters. The van der Waals surface area contributed by atoms with E-state index in [9.17, 15) is 9.59 Å². The van der Waals surface area contributed by atoms with Crippen molar-refractivity contribution in [1.82, 2.24) is 15.1 Å². The number of urea groups is 1. The third-order valence-corrected chi connectivity index (χ3v) is 3.71. The fraction of sp³-hybridized carbons (Fsp3) is 0.833. The highest BCUT2D eigenvalue weighted by atomic mass is 16.4. The van der Waals surface area contributed by atoms with Crippen molar-refractivity contribution in [3.8, 4) is 0 Å². The van der Waals surface area contributed by atoms with Crippen LogP contribution in [0.3, 0.4) is 0 Å². The Morgan fingerprint density at radius 1 is 1.39 bits per heavy atom. The van der Waals surface area contributed by atoms with Gasteiger partial charge in [0, 0.05) is 18.6 Å². The van der Waals surface area contributed by atoms with E-state index >= 15 is 0 Å². The number of aliphatic carboxylic acids is 1. The molecule has 1 saturated heterocycles. The van der Waals surface area contributed by atoms with E-state index in [1.807, 2.05) is 0 Å². The standard InChI is InChI=1S/C12H21N3O3/c1-14-6-2-3-10(14)7-13-12(18)15(8-11(16)17)9-4-5-9/h9-10H,2-8H2,1H3,(H,13,18)(H,16,17). The molecule has 0 spiro atoms. The van der Waals surface area contributed by atoms with Crippen molar-refractivity contribution in [3.05, 3.63) is 0 Å². The molecule has 2 rings (SSSR count). The Bertz CT molecular complexity index is 331. The minimum Gasteiger partial charge on any atom is -0.480 e. The molecular formula is C12H21N3O3. The second-order valence-electron chi connectivity index (χ2n) is 5.22. The van der Waals surface area contributed by atoms with Crippen LogP contribution in [0.15, 0.2) is 0 Å². The van der Waals surface area contributed by atoms with Crippen molar-refractivity contribution in [2.24, 2.45) is 0 Å². The molecule has 1 saturated carbocycles. The lowest BCUT2D eigenvalue weighted by Crippen LogP contribution is -2.47. The second-order valence-corrected chi connectivity index (χ2v) is 5.22. The first kappa shape index (κ1) is 13.1. The predicted octanol–water partition coefficient (Wildman–Crippen LogP) is 0.339. The van der Waals surface area contributed by atoms with Crippen LogP contribution >= 0.6 is 0 Å². The molecule has 0 aromatic heterocycles. The summed E-state index contributed by atoms with van der Waals surface area (Å²) in [6.07, 6.45) is 4.10. The first-order chi connectivity index (χ1) is 8.58. The number of carbonyl (C=O) groups excluding carboxylic acids is 1. The van der Waals surface area contributed by atoms with E-state index in [4.69, 9.17) is 5.11 Å². The highest BCUT2D eigenvalue weighted by Gasteiger charge is 2.34. The summed E-state index contributed by atoms with van der Waals surface area (Å²) in [6.45, 7) is 1.48. The molecule has 1 unspecified atom stereocenters. The SMILES string of the molecule is CN1CCCC1CNC(=O)N(CC(=O)O)C1CC1. The number of amides is 2. The van der Waals surface area contributed by atoms with Gasteiger partial charge in [-0.15, -0.1) is 0 Å². The first-order valence-corrected chi connectivity index (χ1v) is 6.54. The molecule has 0 radical (unpaired) electrons. The van der Waals surface area contributed by atoms with Gasteiger partial charge in [-0.2, -0.15) is 0 Å². The minimum absolute atomic E-state index is 0.127. The van der Waals surface area contributed by atoms with E-state index in [2.05, 4.69) is 17.3 Å². The molecule has 18 heavy (non-hydrogen) atoms. The van der Waals surface area contributed by atoms with Gasteiger partial charge in [-0.05, 0) is 39.3 Å². The molecule has 1 aliphatic heterocycles. The van der Waals surface area contributed by atoms with Crippen LogP contribution in [0.4, 0.5) is 4.79 Å². The highest BCUT2D eigenvalue weighted by Crippen LogP contribution is 2.26. The normalized spacial score (nSPS) is 23.9. The fourth-order valence-electron chi connectivity index (χ4n) is 2.44. The number of likely N-dealkylation sites (N-methyl/N-ethyl adjacent to an activating group) is 1. The summed E-state index contributed by atoms with van der Waals surface area (Å²) in [5.74, 6) is -0.949. The average molecular weight is 255 g/mol. The van der Waals surface area contributed by atoms with Crippen molar-refractivity contribution < 1.29 is 14.7 Å². The number of carboxylic acids is 1. The molecule has 2 aliphatic rings. The number of carbonyl (C=O) groups is 2. The van der Waals surface area contributed by atoms with Crippen molar-refractivity contribution in [2.75, 3.05) is 26.7 Å². The summed E-state index contributed by atoms with van der Waals surface area (Å²) in [5.41, 5.74) is 0. The molecule has 0 bridgehead atoms. The number of nitrogens with one attached hydrogen (secondary N) is 1. The van der Waals surface area contributed by atoms with Crippen LogP contribution in [0.5, 0.6) is 0 Å². The highest BCUT2D eigenvalue weighted by molar-refractivity contribution is 5.80. The Balaban J connectivity index is 1.79. The van der Waals surface area contributed by atoms with Crippen molar-refractivity contribution >= 4 is 12.0 Å². The largest absolute Gasteiger partial charge is 0.480 e. The topological polar surface area (TPSA) is 72.9 Å². The number of nitrogens with zero attached hydrogens (tertiary/aromatic N) is 2. The second kappa shape index (κ2) is 5.56. The molecule has 1 heterocycles. The maximum Gasteiger partial charge on any atom is 0.323 e. The number of likely N-dealkylation sites (tertiary alicyclic amines) is 1. The molecule has 6 heteroatoms. The van der Waals surface area contributed by atoms with E-state index in [0.29, 0.717) is 12.6 Å². The first-order valence-electron chi connectivity index (χ1n) is 6.54. The smallest absolute Gasteiger partial charge is 0.323 e. The van der Waals surface area contributed by atoms with Gasteiger partial charge in [0.05, 0.1) is 0 Å². The lowest BCUT2D eigenvalue weighted by Gasteiger charge is -2.24. The van der Waals surface area contributed by atoms with Crippen LogP contribution in [-0.4, -0.2) is 65.7 Å². The Hall–Kier alpha value is -1.30. The van der Waals surface area contributed by atoms with Gasteiger partial charge in [0.1, 0.15) is 6.54 Å². The number of rotatable bonds is 5. The van der Waals surface area contributed by atoms with E-state index < -0.39 is 5.97 Å². The van der Waals surface area contributed by atoms with Gasteiger partial charge >= 0.3 is 12.0 Å². The maximum atomic E-state index is 12.0. The summed E-state index contributed by atoms with van der Waals surface area (Å²) < 4.78 is 0. The zero-order valence-electron chi connectivity index (χ0n) is 10.8. The Labute approximate surface area is 107 Å². The van der Waals surface area contributed by atoms with Gasteiger partial charge in [0.15, 0.2) is 0 Å². The van der Waals surface area contributed by atoms with Crippen molar-refractivity contribution in [2.45, 2.75) is 37.8 Å². The van der Waals surface area contributed by atoms with E-state index in [0.717, 1.165) is 25.8 Å². The molecule has 1 aliphatic carbocycles. The summed E-state index contributed by atoms with van der Waals surface area (Å²) in [7, 11) is 2.06. The van der Waals surface area contributed by atoms with Crippen LogP contribution in [0.2, 0.25) is 0 Å². The summed E-state index contributed by atoms with van der Waals surface area (Å²) in [5, 5.41) is 11.7. The van der Waals surface area contributed by atoms with Crippen LogP contribution in [0.1, 0.15) is 25.7 Å².